The number of rotatable bonds is 2. The summed E-state index contributed by atoms with van der Waals surface area (Å²) in [5.41, 5.74) is -5.33. The number of alkyl halides is 3. The third kappa shape index (κ3) is 4.18. The maximum Gasteiger partial charge on any atom is 0.518 e. The fraction of sp³-hybridized carbons (Fsp3) is 0.353. The molecule has 0 amide bonds. The smallest absolute Gasteiger partial charge is 0.518 e. The molecule has 31 heavy (non-hydrogen) atoms. The molecule has 1 fully saturated rings. The predicted molar refractivity (Wildman–Crippen MR) is 108 cm³/mol. The molecule has 2 heterocycles. The van der Waals surface area contributed by atoms with Gasteiger partial charge in [0.15, 0.2) is 5.71 Å². The highest BCUT2D eigenvalue weighted by Gasteiger charge is 2.46. The SMILES string of the molecule is CN1CCCC2=CC(=N\N=C3/N=C(C#N)C(=C=[N-])N3C)/C(=N/S(=O)(=O)C(F)(F)F)C=C21. The number of fused-ring (bicyclic) bond motifs is 1. The zero-order valence-corrected chi connectivity index (χ0v) is 17.0. The normalized spacial score (nSPS) is 23.4. The number of hydrogen-bond donors (Lipinski definition) is 0. The summed E-state index contributed by atoms with van der Waals surface area (Å²) >= 11 is 0. The first-order valence-corrected chi connectivity index (χ1v) is 10.1. The molecule has 10 nitrogen and oxygen atoms in total. The molecule has 0 atom stereocenters. The minimum Gasteiger partial charge on any atom is -0.761 e. The molecular formula is C17H14F3N8O2S-. The first-order chi connectivity index (χ1) is 14.5. The average Bonchev–Trinajstić information content (AvgIpc) is 3.00. The van der Waals surface area contributed by atoms with Gasteiger partial charge in [-0.2, -0.15) is 36.2 Å². The van der Waals surface area contributed by atoms with Gasteiger partial charge in [-0.25, -0.2) is 5.87 Å². The standard InChI is InChI=1S/C17H14F3N8O2S/c1-27-5-3-4-10-6-11(12(7-14(10)27)26-31(29,30)17(18,19)20)24-25-16-23-13(8-21)15(9-22)28(16)2/h6-7H,3-5H2,1-2H3/q-1/b24-11+,25-16+,26-12+. The second-order valence-corrected chi connectivity index (χ2v) is 8.19. The Balaban J connectivity index is 2.13. The van der Waals surface area contributed by atoms with Gasteiger partial charge in [0, 0.05) is 26.3 Å². The quantitative estimate of drug-likeness (QED) is 0.357. The fourth-order valence-corrected chi connectivity index (χ4v) is 3.52. The van der Waals surface area contributed by atoms with Gasteiger partial charge in [-0.05, 0) is 30.6 Å². The number of likely N-dealkylation sites (tertiary alicyclic amines) is 1. The van der Waals surface area contributed by atoms with Crippen molar-refractivity contribution in [2.24, 2.45) is 19.6 Å². The van der Waals surface area contributed by atoms with Crippen molar-refractivity contribution in [3.63, 3.8) is 0 Å². The maximum atomic E-state index is 12.9. The van der Waals surface area contributed by atoms with Crippen LogP contribution in [0.3, 0.4) is 0 Å². The van der Waals surface area contributed by atoms with Crippen LogP contribution >= 0.6 is 0 Å². The lowest BCUT2D eigenvalue weighted by Gasteiger charge is -2.32. The van der Waals surface area contributed by atoms with E-state index in [4.69, 9.17) is 10.7 Å². The van der Waals surface area contributed by atoms with Crippen LogP contribution in [-0.2, 0) is 10.0 Å². The van der Waals surface area contributed by atoms with Gasteiger partial charge in [-0.15, -0.1) is 10.2 Å². The van der Waals surface area contributed by atoms with Crippen molar-refractivity contribution >= 4 is 39.0 Å². The number of allylic oxidation sites excluding steroid dienone is 4. The molecule has 2 aliphatic heterocycles. The molecule has 0 saturated carbocycles. The summed E-state index contributed by atoms with van der Waals surface area (Å²) < 4.78 is 64.8. The Morgan fingerprint density at radius 1 is 1.23 bits per heavy atom. The Bertz CT molecular complexity index is 1210. The molecule has 0 unspecified atom stereocenters. The number of nitrogens with zero attached hydrogens (tertiary/aromatic N) is 8. The van der Waals surface area contributed by atoms with E-state index in [1.807, 2.05) is 0 Å². The summed E-state index contributed by atoms with van der Waals surface area (Å²) in [6, 6.07) is 1.73. The second-order valence-electron chi connectivity index (χ2n) is 6.60. The number of piperidine rings is 1. The van der Waals surface area contributed by atoms with Crippen molar-refractivity contribution in [2.75, 3.05) is 20.6 Å². The number of halogens is 3. The molecule has 0 radical (unpaired) electrons. The molecule has 3 aliphatic rings. The molecule has 0 aromatic carbocycles. The van der Waals surface area contributed by atoms with Crippen LogP contribution < -0.4 is 0 Å². The number of hydrogen-bond acceptors (Lipinski definition) is 6. The van der Waals surface area contributed by atoms with Gasteiger partial charge < -0.3 is 15.2 Å². The molecule has 0 aromatic heterocycles. The summed E-state index contributed by atoms with van der Waals surface area (Å²) in [7, 11) is -2.69. The molecule has 1 aliphatic carbocycles. The molecule has 0 spiro atoms. The largest absolute Gasteiger partial charge is 0.761 e. The van der Waals surface area contributed by atoms with E-state index in [2.05, 4.69) is 19.6 Å². The van der Waals surface area contributed by atoms with E-state index in [9.17, 15) is 21.6 Å². The van der Waals surface area contributed by atoms with Crippen LogP contribution in [0.25, 0.3) is 5.41 Å². The van der Waals surface area contributed by atoms with Crippen LogP contribution in [0.4, 0.5) is 13.2 Å². The molecular weight excluding hydrogens is 437 g/mol. The first-order valence-electron chi connectivity index (χ1n) is 8.69. The van der Waals surface area contributed by atoms with E-state index >= 15 is 0 Å². The van der Waals surface area contributed by atoms with E-state index in [1.54, 1.807) is 23.9 Å². The van der Waals surface area contributed by atoms with E-state index in [0.29, 0.717) is 18.7 Å². The average molecular weight is 451 g/mol. The molecule has 3 rings (SSSR count). The Morgan fingerprint density at radius 3 is 2.52 bits per heavy atom. The third-order valence-electron chi connectivity index (χ3n) is 4.57. The van der Waals surface area contributed by atoms with Crippen LogP contribution in [0, 0.1) is 11.3 Å². The fourth-order valence-electron chi connectivity index (χ4n) is 3.01. The van der Waals surface area contributed by atoms with Gasteiger partial charge in [0.2, 0.25) is 0 Å². The van der Waals surface area contributed by atoms with Gasteiger partial charge >= 0.3 is 15.5 Å². The van der Waals surface area contributed by atoms with Crippen LogP contribution in [0.2, 0.25) is 0 Å². The van der Waals surface area contributed by atoms with Crippen molar-refractivity contribution in [3.8, 4) is 6.07 Å². The third-order valence-corrected chi connectivity index (χ3v) is 5.59. The zero-order chi connectivity index (χ0) is 23.0. The predicted octanol–water partition coefficient (Wildman–Crippen LogP) is 1.57. The van der Waals surface area contributed by atoms with Crippen molar-refractivity contribution in [3.05, 3.63) is 34.5 Å². The highest BCUT2D eigenvalue weighted by molar-refractivity contribution is 7.91. The molecule has 0 bridgehead atoms. The van der Waals surface area contributed by atoms with E-state index in [1.165, 1.54) is 24.1 Å². The Hall–Kier alpha value is -3.56. The van der Waals surface area contributed by atoms with Crippen molar-refractivity contribution in [1.82, 2.24) is 9.80 Å². The number of aliphatic imine (C=N–C) groups is 1. The van der Waals surface area contributed by atoms with Gasteiger partial charge in [0.25, 0.3) is 5.96 Å². The van der Waals surface area contributed by atoms with Gasteiger partial charge in [-0.1, -0.05) is 0 Å². The topological polar surface area (TPSA) is 136 Å². The molecule has 162 valence electrons. The molecule has 14 heteroatoms. The summed E-state index contributed by atoms with van der Waals surface area (Å²) in [6.07, 6.45) is 4.02. The lowest BCUT2D eigenvalue weighted by molar-refractivity contribution is -0.0435. The monoisotopic (exact) mass is 451 g/mol. The lowest BCUT2D eigenvalue weighted by Crippen LogP contribution is -2.31. The molecule has 0 aromatic rings. The number of nitriles is 1. The summed E-state index contributed by atoms with van der Waals surface area (Å²) in [5.74, 6) is 1.63. The molecule has 0 N–H and O–H groups in total. The van der Waals surface area contributed by atoms with Crippen LogP contribution in [0.1, 0.15) is 12.8 Å². The molecule has 1 saturated heterocycles. The first kappa shape index (κ1) is 22.1. The van der Waals surface area contributed by atoms with E-state index in [-0.39, 0.29) is 23.1 Å². The van der Waals surface area contributed by atoms with Gasteiger partial charge in [0.05, 0.1) is 0 Å². The van der Waals surface area contributed by atoms with Crippen molar-refractivity contribution in [1.29, 1.82) is 5.26 Å². The minimum absolute atomic E-state index is 0.0759. The Morgan fingerprint density at radius 2 is 1.94 bits per heavy atom. The van der Waals surface area contributed by atoms with E-state index < -0.39 is 21.2 Å². The minimum atomic E-state index is -5.82. The highest BCUT2D eigenvalue weighted by atomic mass is 32.2. The number of sulfonamides is 1. The van der Waals surface area contributed by atoms with Crippen LogP contribution in [0.5, 0.6) is 0 Å². The number of guanidine groups is 1. The van der Waals surface area contributed by atoms with Crippen LogP contribution in [0.15, 0.2) is 48.7 Å². The van der Waals surface area contributed by atoms with Crippen molar-refractivity contribution in [2.45, 2.75) is 18.3 Å². The highest BCUT2D eigenvalue weighted by Crippen LogP contribution is 2.30. The summed E-state index contributed by atoms with van der Waals surface area (Å²) in [6.45, 7) is 0.639. The second kappa shape index (κ2) is 7.93. The van der Waals surface area contributed by atoms with Gasteiger partial charge in [0.1, 0.15) is 23.2 Å². The van der Waals surface area contributed by atoms with Gasteiger partial charge in [-0.3, -0.25) is 0 Å². The Labute approximate surface area is 175 Å². The summed E-state index contributed by atoms with van der Waals surface area (Å²) in [4.78, 5) is 6.79. The zero-order valence-electron chi connectivity index (χ0n) is 16.2. The number of likely N-dealkylation sites (N-methyl/N-ethyl adjacent to an activating group) is 1. The lowest BCUT2D eigenvalue weighted by atomic mass is 9.93. The summed E-state index contributed by atoms with van der Waals surface area (Å²) in [5, 5.41) is 25.8. The van der Waals surface area contributed by atoms with Crippen LogP contribution in [-0.4, -0.2) is 73.3 Å². The van der Waals surface area contributed by atoms with E-state index in [0.717, 1.165) is 12.0 Å². The maximum absolute atomic E-state index is 12.9. The van der Waals surface area contributed by atoms with Crippen molar-refractivity contribution < 1.29 is 21.6 Å². The Kier molecular flexibility index (Phi) is 5.66.